The van der Waals surface area contributed by atoms with Crippen molar-refractivity contribution in [3.63, 3.8) is 0 Å². The summed E-state index contributed by atoms with van der Waals surface area (Å²) >= 11 is 2.15. The molecule has 1 amide bonds. The van der Waals surface area contributed by atoms with Crippen molar-refractivity contribution in [2.45, 2.75) is 32.7 Å². The third-order valence-electron chi connectivity index (χ3n) is 3.35. The summed E-state index contributed by atoms with van der Waals surface area (Å²) in [5, 5.41) is 2.80. The predicted molar refractivity (Wildman–Crippen MR) is 86.5 cm³/mol. The van der Waals surface area contributed by atoms with Gasteiger partial charge in [-0.3, -0.25) is 4.79 Å². The van der Waals surface area contributed by atoms with Crippen LogP contribution in [0.3, 0.4) is 0 Å². The fraction of sp³-hybridized carbons (Fsp3) is 0.467. The number of halogens is 1. The molecule has 0 bridgehead atoms. The van der Waals surface area contributed by atoms with Gasteiger partial charge in [0.25, 0.3) is 5.91 Å². The molecule has 0 radical (unpaired) electrons. The van der Waals surface area contributed by atoms with E-state index in [4.69, 9.17) is 4.74 Å². The molecule has 0 aromatic heterocycles. The minimum atomic E-state index is -0.597. The highest BCUT2D eigenvalue weighted by Crippen LogP contribution is 2.16. The first-order valence-corrected chi connectivity index (χ1v) is 7.75. The summed E-state index contributed by atoms with van der Waals surface area (Å²) in [5.74, 6) is -0.558. The summed E-state index contributed by atoms with van der Waals surface area (Å²) in [6, 6.07) is 6.66. The molecular weight excluding hydrogens is 369 g/mol. The van der Waals surface area contributed by atoms with Crippen molar-refractivity contribution in [2.24, 2.45) is 5.92 Å². The van der Waals surface area contributed by atoms with Crippen LogP contribution in [0.25, 0.3) is 0 Å². The maximum Gasteiger partial charge on any atom is 0.328 e. The second-order valence-corrected chi connectivity index (χ2v) is 5.81. The summed E-state index contributed by atoms with van der Waals surface area (Å²) in [7, 11) is 1.34. The summed E-state index contributed by atoms with van der Waals surface area (Å²) < 4.78 is 5.78. The second kappa shape index (κ2) is 8.24. The van der Waals surface area contributed by atoms with Crippen molar-refractivity contribution >= 4 is 34.5 Å². The van der Waals surface area contributed by atoms with Gasteiger partial charge in [-0.05, 0) is 46.7 Å². The lowest BCUT2D eigenvalue weighted by Crippen LogP contribution is -2.46. The van der Waals surface area contributed by atoms with Gasteiger partial charge in [0.05, 0.1) is 7.11 Å². The van der Waals surface area contributed by atoms with E-state index < -0.39 is 12.0 Å². The Morgan fingerprint density at radius 1 is 1.30 bits per heavy atom. The molecule has 1 aromatic carbocycles. The lowest BCUT2D eigenvalue weighted by molar-refractivity contribution is -0.144. The Balaban J connectivity index is 2.89. The van der Waals surface area contributed by atoms with Gasteiger partial charge in [0.15, 0.2) is 0 Å². The molecule has 0 aliphatic carbocycles. The SMILES string of the molecule is CCC(CC)C(NC(=O)c1cccc(I)c1)C(=O)OC. The number of ether oxygens (including phenoxy) is 1. The van der Waals surface area contributed by atoms with Crippen LogP contribution in [0.4, 0.5) is 0 Å². The van der Waals surface area contributed by atoms with Crippen molar-refractivity contribution in [3.05, 3.63) is 33.4 Å². The van der Waals surface area contributed by atoms with Gasteiger partial charge < -0.3 is 10.1 Å². The van der Waals surface area contributed by atoms with E-state index in [-0.39, 0.29) is 11.8 Å². The highest BCUT2D eigenvalue weighted by molar-refractivity contribution is 14.1. The molecule has 0 aliphatic heterocycles. The van der Waals surface area contributed by atoms with Gasteiger partial charge in [-0.25, -0.2) is 4.79 Å². The van der Waals surface area contributed by atoms with E-state index in [9.17, 15) is 9.59 Å². The van der Waals surface area contributed by atoms with Crippen LogP contribution in [-0.4, -0.2) is 25.0 Å². The van der Waals surface area contributed by atoms with Crippen LogP contribution in [-0.2, 0) is 9.53 Å². The van der Waals surface area contributed by atoms with E-state index in [2.05, 4.69) is 27.9 Å². The van der Waals surface area contributed by atoms with Crippen molar-refractivity contribution in [3.8, 4) is 0 Å². The molecule has 1 N–H and O–H groups in total. The van der Waals surface area contributed by atoms with Gasteiger partial charge in [-0.2, -0.15) is 0 Å². The Labute approximate surface area is 133 Å². The third kappa shape index (κ3) is 4.47. The summed E-state index contributed by atoms with van der Waals surface area (Å²) in [5.41, 5.74) is 0.553. The number of hydrogen-bond acceptors (Lipinski definition) is 3. The number of carbonyl (C=O) groups is 2. The Morgan fingerprint density at radius 2 is 1.95 bits per heavy atom. The summed E-state index contributed by atoms with van der Waals surface area (Å²) in [6.07, 6.45) is 1.62. The first-order valence-electron chi connectivity index (χ1n) is 6.67. The number of benzene rings is 1. The maximum atomic E-state index is 12.2. The zero-order valence-corrected chi connectivity index (χ0v) is 14.1. The topological polar surface area (TPSA) is 55.4 Å². The van der Waals surface area contributed by atoms with Crippen molar-refractivity contribution in [1.82, 2.24) is 5.32 Å². The van der Waals surface area contributed by atoms with Crippen LogP contribution >= 0.6 is 22.6 Å². The number of esters is 1. The van der Waals surface area contributed by atoms with E-state index in [1.165, 1.54) is 7.11 Å². The molecule has 1 rings (SSSR count). The van der Waals surface area contributed by atoms with Gasteiger partial charge in [0, 0.05) is 9.13 Å². The quantitative estimate of drug-likeness (QED) is 0.601. The molecule has 0 fully saturated rings. The Morgan fingerprint density at radius 3 is 2.45 bits per heavy atom. The molecule has 20 heavy (non-hydrogen) atoms. The van der Waals surface area contributed by atoms with Crippen molar-refractivity contribution < 1.29 is 14.3 Å². The minimum absolute atomic E-state index is 0.0779. The molecule has 1 aromatic rings. The molecule has 0 saturated carbocycles. The largest absolute Gasteiger partial charge is 0.467 e. The molecule has 5 heteroatoms. The molecule has 1 atom stereocenters. The minimum Gasteiger partial charge on any atom is -0.467 e. The van der Waals surface area contributed by atoms with E-state index in [0.717, 1.165) is 16.4 Å². The molecule has 0 saturated heterocycles. The highest BCUT2D eigenvalue weighted by Gasteiger charge is 2.28. The summed E-state index contributed by atoms with van der Waals surface area (Å²) in [4.78, 5) is 24.1. The van der Waals surface area contributed by atoms with Gasteiger partial charge in [-0.1, -0.05) is 32.8 Å². The van der Waals surface area contributed by atoms with Crippen LogP contribution in [0.5, 0.6) is 0 Å². The van der Waals surface area contributed by atoms with Crippen LogP contribution < -0.4 is 5.32 Å². The van der Waals surface area contributed by atoms with Gasteiger partial charge in [0.2, 0.25) is 0 Å². The molecule has 110 valence electrons. The lowest BCUT2D eigenvalue weighted by Gasteiger charge is -2.24. The smallest absolute Gasteiger partial charge is 0.328 e. The van der Waals surface area contributed by atoms with E-state index >= 15 is 0 Å². The molecule has 1 unspecified atom stereocenters. The Kier molecular flexibility index (Phi) is 6.98. The standard InChI is InChI=1S/C15H20INO3/c1-4-10(5-2)13(15(19)20-3)17-14(18)11-7-6-8-12(16)9-11/h6-10,13H,4-5H2,1-3H3,(H,17,18). The molecule has 0 heterocycles. The number of carbonyl (C=O) groups excluding carboxylic acids is 2. The predicted octanol–water partition coefficient (Wildman–Crippen LogP) is 3.00. The average molecular weight is 389 g/mol. The van der Waals surface area contributed by atoms with E-state index in [0.29, 0.717) is 5.56 Å². The Bertz CT molecular complexity index is 472. The molecule has 0 spiro atoms. The molecule has 0 aliphatic rings. The van der Waals surface area contributed by atoms with Crippen molar-refractivity contribution in [2.75, 3.05) is 7.11 Å². The third-order valence-corrected chi connectivity index (χ3v) is 4.02. The maximum absolute atomic E-state index is 12.2. The lowest BCUT2D eigenvalue weighted by atomic mass is 9.94. The van der Waals surface area contributed by atoms with E-state index in [1.54, 1.807) is 12.1 Å². The first-order chi connectivity index (χ1) is 9.53. The first kappa shape index (κ1) is 16.9. The number of nitrogens with one attached hydrogen (secondary N) is 1. The van der Waals surface area contributed by atoms with Gasteiger partial charge in [0.1, 0.15) is 6.04 Å². The zero-order valence-electron chi connectivity index (χ0n) is 12.0. The van der Waals surface area contributed by atoms with Crippen LogP contribution in [0.2, 0.25) is 0 Å². The fourth-order valence-corrected chi connectivity index (χ4v) is 2.65. The molecule has 4 nitrogen and oxygen atoms in total. The van der Waals surface area contributed by atoms with Crippen molar-refractivity contribution in [1.29, 1.82) is 0 Å². The van der Waals surface area contributed by atoms with Gasteiger partial charge in [-0.15, -0.1) is 0 Å². The van der Waals surface area contributed by atoms with Gasteiger partial charge >= 0.3 is 5.97 Å². The van der Waals surface area contributed by atoms with Crippen LogP contribution in [0.1, 0.15) is 37.0 Å². The zero-order chi connectivity index (χ0) is 15.1. The number of hydrogen-bond donors (Lipinski definition) is 1. The number of rotatable bonds is 6. The Hall–Kier alpha value is -1.11. The molecular formula is C15H20INO3. The van der Waals surface area contributed by atoms with Crippen LogP contribution in [0.15, 0.2) is 24.3 Å². The monoisotopic (exact) mass is 389 g/mol. The average Bonchev–Trinajstić information content (AvgIpc) is 2.46. The number of amides is 1. The van der Waals surface area contributed by atoms with Crippen LogP contribution in [0, 0.1) is 9.49 Å². The highest BCUT2D eigenvalue weighted by atomic mass is 127. The summed E-state index contributed by atoms with van der Waals surface area (Å²) in [6.45, 7) is 4.00. The number of methoxy groups -OCH3 is 1. The second-order valence-electron chi connectivity index (χ2n) is 4.56. The van der Waals surface area contributed by atoms with E-state index in [1.807, 2.05) is 26.0 Å². The fourth-order valence-electron chi connectivity index (χ4n) is 2.11. The normalized spacial score (nSPS) is 12.1.